The van der Waals surface area contributed by atoms with Crippen molar-refractivity contribution in [1.29, 1.82) is 0 Å². The van der Waals surface area contributed by atoms with E-state index in [1.807, 2.05) is 7.05 Å². The first-order valence-corrected chi connectivity index (χ1v) is 5.10. The highest BCUT2D eigenvalue weighted by atomic mass is 16.5. The van der Waals surface area contributed by atoms with Gasteiger partial charge in [0.2, 0.25) is 0 Å². The number of nitrogens with zero attached hydrogens (tertiary/aromatic N) is 2. The number of ether oxygens (including phenoxy) is 1. The summed E-state index contributed by atoms with van der Waals surface area (Å²) in [6.45, 7) is 10.0. The fourth-order valence-electron chi connectivity index (χ4n) is 1.57. The molecule has 80 valence electrons. The minimum absolute atomic E-state index is 0.840. The summed E-state index contributed by atoms with van der Waals surface area (Å²) in [7, 11) is 1.84. The fraction of sp³-hybridized carbons (Fsp3) is 0.727. The van der Waals surface area contributed by atoms with Crippen molar-refractivity contribution in [3.8, 4) is 0 Å². The predicted octanol–water partition coefficient (Wildman–Crippen LogP) is 1.70. The quantitative estimate of drug-likeness (QED) is 0.628. The van der Waals surface area contributed by atoms with Crippen LogP contribution in [0, 0.1) is 0 Å². The van der Waals surface area contributed by atoms with Gasteiger partial charge in [-0.25, -0.2) is 0 Å². The van der Waals surface area contributed by atoms with Crippen LogP contribution in [-0.4, -0.2) is 44.0 Å². The maximum atomic E-state index is 5.32. The molecule has 0 aliphatic carbocycles. The average Bonchev–Trinajstić information content (AvgIpc) is 2.27. The molecule has 0 aromatic carbocycles. The minimum atomic E-state index is 0.840. The normalized spacial score (nSPS) is 20.9. The standard InChI is InChI=1S/C11H20N2O/c1-9(10(2)12-4)11(3)13-5-7-14-8-6-13/h5-8H2,1-4H3/b11-9+,12-10?. The van der Waals surface area contributed by atoms with Gasteiger partial charge in [-0.1, -0.05) is 0 Å². The highest BCUT2D eigenvalue weighted by molar-refractivity contribution is 5.98. The Morgan fingerprint density at radius 3 is 2.21 bits per heavy atom. The Kier molecular flexibility index (Phi) is 4.14. The molecule has 0 spiro atoms. The first kappa shape index (κ1) is 11.2. The fourth-order valence-corrected chi connectivity index (χ4v) is 1.57. The van der Waals surface area contributed by atoms with Gasteiger partial charge in [-0.3, -0.25) is 4.99 Å². The number of rotatable bonds is 2. The lowest BCUT2D eigenvalue weighted by atomic mass is 10.1. The second-order valence-electron chi connectivity index (χ2n) is 3.62. The van der Waals surface area contributed by atoms with Crippen LogP contribution in [0.5, 0.6) is 0 Å². The maximum Gasteiger partial charge on any atom is 0.0642 e. The van der Waals surface area contributed by atoms with Gasteiger partial charge in [0.05, 0.1) is 13.2 Å². The van der Waals surface area contributed by atoms with Gasteiger partial charge in [0.1, 0.15) is 0 Å². The molecule has 1 aliphatic rings. The molecule has 1 aliphatic heterocycles. The molecule has 14 heavy (non-hydrogen) atoms. The Bertz CT molecular complexity index is 250. The van der Waals surface area contributed by atoms with Crippen LogP contribution in [0.1, 0.15) is 20.8 Å². The third-order valence-electron chi connectivity index (χ3n) is 2.91. The molecule has 3 heteroatoms. The van der Waals surface area contributed by atoms with E-state index in [0.29, 0.717) is 0 Å². The lowest BCUT2D eigenvalue weighted by molar-refractivity contribution is 0.0534. The molecule has 1 fully saturated rings. The second kappa shape index (κ2) is 5.15. The van der Waals surface area contributed by atoms with Crippen molar-refractivity contribution in [2.45, 2.75) is 20.8 Å². The average molecular weight is 196 g/mol. The molecule has 0 N–H and O–H groups in total. The maximum absolute atomic E-state index is 5.32. The summed E-state index contributed by atoms with van der Waals surface area (Å²) >= 11 is 0. The van der Waals surface area contributed by atoms with E-state index >= 15 is 0 Å². The summed E-state index contributed by atoms with van der Waals surface area (Å²) in [6.07, 6.45) is 0. The Balaban J connectivity index is 2.74. The topological polar surface area (TPSA) is 24.8 Å². The van der Waals surface area contributed by atoms with Crippen LogP contribution in [0.3, 0.4) is 0 Å². The number of hydrogen-bond donors (Lipinski definition) is 0. The Morgan fingerprint density at radius 2 is 1.71 bits per heavy atom. The molecule has 1 saturated heterocycles. The zero-order valence-corrected chi connectivity index (χ0v) is 9.63. The zero-order chi connectivity index (χ0) is 10.6. The first-order valence-electron chi connectivity index (χ1n) is 5.10. The van der Waals surface area contributed by atoms with Crippen molar-refractivity contribution in [3.05, 3.63) is 11.3 Å². The van der Waals surface area contributed by atoms with Gasteiger partial charge in [-0.05, 0) is 26.3 Å². The van der Waals surface area contributed by atoms with Crippen molar-refractivity contribution < 1.29 is 4.74 Å². The molecular formula is C11H20N2O. The van der Waals surface area contributed by atoms with Crippen LogP contribution in [0.4, 0.5) is 0 Å². The van der Waals surface area contributed by atoms with Gasteiger partial charge in [-0.15, -0.1) is 0 Å². The van der Waals surface area contributed by atoms with Gasteiger partial charge >= 0.3 is 0 Å². The van der Waals surface area contributed by atoms with Gasteiger partial charge in [-0.2, -0.15) is 0 Å². The minimum Gasteiger partial charge on any atom is -0.378 e. The molecule has 0 bridgehead atoms. The van der Waals surface area contributed by atoms with E-state index in [1.165, 1.54) is 11.3 Å². The number of allylic oxidation sites excluding steroid dienone is 2. The van der Waals surface area contributed by atoms with Crippen molar-refractivity contribution in [2.24, 2.45) is 4.99 Å². The summed E-state index contributed by atoms with van der Waals surface area (Å²) in [5, 5.41) is 0. The Morgan fingerprint density at radius 1 is 1.14 bits per heavy atom. The van der Waals surface area contributed by atoms with Crippen LogP contribution in [0.15, 0.2) is 16.3 Å². The molecule has 0 radical (unpaired) electrons. The molecule has 0 aromatic rings. The highest BCUT2D eigenvalue weighted by Crippen LogP contribution is 2.12. The predicted molar refractivity (Wildman–Crippen MR) is 59.8 cm³/mol. The van der Waals surface area contributed by atoms with Crippen LogP contribution in [-0.2, 0) is 4.74 Å². The molecule has 0 amide bonds. The molecule has 0 unspecified atom stereocenters. The molecule has 3 nitrogen and oxygen atoms in total. The molecular weight excluding hydrogens is 176 g/mol. The Hall–Kier alpha value is -0.830. The third-order valence-corrected chi connectivity index (χ3v) is 2.91. The van der Waals surface area contributed by atoms with Crippen LogP contribution in [0.2, 0.25) is 0 Å². The van der Waals surface area contributed by atoms with Gasteiger partial charge in [0, 0.05) is 31.5 Å². The monoisotopic (exact) mass is 196 g/mol. The highest BCUT2D eigenvalue weighted by Gasteiger charge is 2.12. The number of aliphatic imine (C=N–C) groups is 1. The molecule has 0 atom stereocenters. The van der Waals surface area contributed by atoms with Crippen molar-refractivity contribution >= 4 is 5.71 Å². The second-order valence-corrected chi connectivity index (χ2v) is 3.62. The van der Waals surface area contributed by atoms with E-state index in [9.17, 15) is 0 Å². The summed E-state index contributed by atoms with van der Waals surface area (Å²) in [4.78, 5) is 6.57. The number of hydrogen-bond acceptors (Lipinski definition) is 3. The first-order chi connectivity index (χ1) is 6.66. The van der Waals surface area contributed by atoms with Gasteiger partial charge in [0.15, 0.2) is 0 Å². The van der Waals surface area contributed by atoms with Crippen molar-refractivity contribution in [1.82, 2.24) is 4.90 Å². The van der Waals surface area contributed by atoms with Crippen LogP contribution in [0.25, 0.3) is 0 Å². The van der Waals surface area contributed by atoms with E-state index in [2.05, 4.69) is 30.7 Å². The summed E-state index contributed by atoms with van der Waals surface area (Å²) in [5.41, 5.74) is 3.74. The molecule has 1 rings (SSSR count). The zero-order valence-electron chi connectivity index (χ0n) is 9.63. The van der Waals surface area contributed by atoms with Crippen LogP contribution < -0.4 is 0 Å². The lowest BCUT2D eigenvalue weighted by Crippen LogP contribution is -2.35. The van der Waals surface area contributed by atoms with Gasteiger partial charge < -0.3 is 9.64 Å². The van der Waals surface area contributed by atoms with Crippen molar-refractivity contribution in [3.63, 3.8) is 0 Å². The summed E-state index contributed by atoms with van der Waals surface area (Å²) < 4.78 is 5.32. The van der Waals surface area contributed by atoms with Gasteiger partial charge in [0.25, 0.3) is 0 Å². The molecule has 0 saturated carbocycles. The van der Waals surface area contributed by atoms with E-state index in [4.69, 9.17) is 4.74 Å². The van der Waals surface area contributed by atoms with Crippen LogP contribution >= 0.6 is 0 Å². The molecule has 0 aromatic heterocycles. The lowest BCUT2D eigenvalue weighted by Gasteiger charge is -2.30. The number of morpholine rings is 1. The Labute approximate surface area is 86.5 Å². The summed E-state index contributed by atoms with van der Waals surface area (Å²) in [5.74, 6) is 0. The van der Waals surface area contributed by atoms with E-state index in [1.54, 1.807) is 0 Å². The summed E-state index contributed by atoms with van der Waals surface area (Å²) in [6, 6.07) is 0. The van der Waals surface area contributed by atoms with E-state index in [-0.39, 0.29) is 0 Å². The van der Waals surface area contributed by atoms with E-state index < -0.39 is 0 Å². The van der Waals surface area contributed by atoms with Crippen molar-refractivity contribution in [2.75, 3.05) is 33.4 Å². The molecule has 1 heterocycles. The largest absolute Gasteiger partial charge is 0.378 e. The van der Waals surface area contributed by atoms with E-state index in [0.717, 1.165) is 32.0 Å². The third kappa shape index (κ3) is 2.58. The smallest absolute Gasteiger partial charge is 0.0642 e. The SMILES string of the molecule is CN=C(C)/C(C)=C(\C)N1CCOCC1.